The summed E-state index contributed by atoms with van der Waals surface area (Å²) in [7, 11) is 0. The van der Waals surface area contributed by atoms with Crippen LogP contribution in [0.25, 0.3) is 0 Å². The van der Waals surface area contributed by atoms with Gasteiger partial charge in [0, 0.05) is 21.6 Å². The molecule has 0 unspecified atom stereocenters. The van der Waals surface area contributed by atoms with E-state index >= 15 is 0 Å². The molecule has 0 spiro atoms. The Morgan fingerprint density at radius 2 is 1.76 bits per heavy atom. The molecule has 4 heteroatoms. The van der Waals surface area contributed by atoms with Crippen LogP contribution in [0.5, 0.6) is 5.75 Å². The van der Waals surface area contributed by atoms with Crippen LogP contribution >= 0.6 is 15.9 Å². The lowest BCUT2D eigenvalue weighted by molar-refractivity contribution is 0.103. The van der Waals surface area contributed by atoms with E-state index in [4.69, 9.17) is 4.74 Å². The highest BCUT2D eigenvalue weighted by atomic mass is 79.9. The molecule has 0 aromatic heterocycles. The summed E-state index contributed by atoms with van der Waals surface area (Å²) < 4.78 is 6.93. The molecule has 0 aliphatic carbocycles. The summed E-state index contributed by atoms with van der Waals surface area (Å²) in [5.74, 6) is 0.861. The fourth-order valence-corrected chi connectivity index (χ4v) is 3.59. The average Bonchev–Trinajstić information content (AvgIpc) is 3.08. The minimum absolute atomic E-state index is 0.0314. The molecule has 25 heavy (non-hydrogen) atoms. The van der Waals surface area contributed by atoms with Crippen molar-refractivity contribution in [2.24, 2.45) is 0 Å². The van der Waals surface area contributed by atoms with Crippen molar-refractivity contribution in [3.63, 3.8) is 0 Å². The number of carbonyl (C=O) groups excluding carboxylic acids is 1. The number of nitrogens with zero attached hydrogens (tertiary/aromatic N) is 1. The molecular weight excluding hydrogens is 378 g/mol. The Balaban J connectivity index is 1.58. The Hall–Kier alpha value is -1.65. The SMILES string of the molecule is CCCN1CCC[C@@H]1COc1ccc(C(=O)c2ccc(Br)cc2)cc1. The summed E-state index contributed by atoms with van der Waals surface area (Å²) in [5, 5.41) is 0. The van der Waals surface area contributed by atoms with E-state index in [2.05, 4.69) is 27.8 Å². The van der Waals surface area contributed by atoms with Crippen molar-refractivity contribution < 1.29 is 9.53 Å². The van der Waals surface area contributed by atoms with Gasteiger partial charge in [0.25, 0.3) is 0 Å². The third-order valence-electron chi connectivity index (χ3n) is 4.68. The van der Waals surface area contributed by atoms with Crippen molar-refractivity contribution >= 4 is 21.7 Å². The molecule has 0 N–H and O–H groups in total. The number of ketones is 1. The van der Waals surface area contributed by atoms with Crippen LogP contribution in [0, 0.1) is 0 Å². The molecule has 1 fully saturated rings. The predicted molar refractivity (Wildman–Crippen MR) is 104 cm³/mol. The maximum atomic E-state index is 12.5. The lowest BCUT2D eigenvalue weighted by Gasteiger charge is -2.23. The zero-order chi connectivity index (χ0) is 17.6. The zero-order valence-corrected chi connectivity index (χ0v) is 16.2. The third-order valence-corrected chi connectivity index (χ3v) is 5.20. The smallest absolute Gasteiger partial charge is 0.193 e. The molecule has 0 amide bonds. The molecule has 1 saturated heterocycles. The van der Waals surface area contributed by atoms with Gasteiger partial charge in [-0.3, -0.25) is 9.69 Å². The predicted octanol–water partition coefficient (Wildman–Crippen LogP) is 4.93. The Labute approximate surface area is 158 Å². The number of rotatable bonds is 7. The lowest BCUT2D eigenvalue weighted by atomic mass is 10.0. The largest absolute Gasteiger partial charge is 0.492 e. The van der Waals surface area contributed by atoms with Gasteiger partial charge in [-0.1, -0.05) is 22.9 Å². The second-order valence-electron chi connectivity index (χ2n) is 6.50. The van der Waals surface area contributed by atoms with Gasteiger partial charge in [-0.05, 0) is 80.9 Å². The summed E-state index contributed by atoms with van der Waals surface area (Å²) in [6.45, 7) is 5.27. The van der Waals surface area contributed by atoms with E-state index in [0.717, 1.165) is 23.4 Å². The second kappa shape index (κ2) is 8.63. The van der Waals surface area contributed by atoms with Crippen LogP contribution in [0.4, 0.5) is 0 Å². The summed E-state index contributed by atoms with van der Waals surface area (Å²) in [5.41, 5.74) is 1.38. The highest BCUT2D eigenvalue weighted by molar-refractivity contribution is 9.10. The number of halogens is 1. The van der Waals surface area contributed by atoms with Gasteiger partial charge < -0.3 is 4.74 Å². The molecule has 3 rings (SSSR count). The molecule has 132 valence electrons. The molecule has 1 aliphatic heterocycles. The first-order valence-corrected chi connectivity index (χ1v) is 9.74. The van der Waals surface area contributed by atoms with Gasteiger partial charge >= 0.3 is 0 Å². The van der Waals surface area contributed by atoms with Crippen LogP contribution in [-0.4, -0.2) is 36.4 Å². The fraction of sp³-hybridized carbons (Fsp3) is 0.381. The first-order chi connectivity index (χ1) is 12.2. The second-order valence-corrected chi connectivity index (χ2v) is 7.42. The van der Waals surface area contributed by atoms with Crippen LogP contribution in [0.3, 0.4) is 0 Å². The van der Waals surface area contributed by atoms with Gasteiger partial charge in [-0.2, -0.15) is 0 Å². The molecule has 0 radical (unpaired) electrons. The quantitative estimate of drug-likeness (QED) is 0.615. The first kappa shape index (κ1) is 18.2. The first-order valence-electron chi connectivity index (χ1n) is 8.94. The number of benzene rings is 2. The standard InChI is InChI=1S/C21H24BrNO2/c1-2-13-23-14-3-4-19(23)15-25-20-11-7-17(8-12-20)21(24)16-5-9-18(22)10-6-16/h5-12,19H,2-4,13-15H2,1H3/t19-/m1/s1. The molecule has 2 aromatic carbocycles. The number of carbonyl (C=O) groups is 1. The minimum Gasteiger partial charge on any atom is -0.492 e. The summed E-state index contributed by atoms with van der Waals surface area (Å²) >= 11 is 3.39. The Morgan fingerprint density at radius 1 is 1.12 bits per heavy atom. The van der Waals surface area contributed by atoms with E-state index < -0.39 is 0 Å². The van der Waals surface area contributed by atoms with Gasteiger partial charge in [0.15, 0.2) is 5.78 Å². The van der Waals surface area contributed by atoms with E-state index in [-0.39, 0.29) is 5.78 Å². The average molecular weight is 402 g/mol. The molecule has 1 atom stereocenters. The number of hydrogen-bond donors (Lipinski definition) is 0. The molecule has 0 saturated carbocycles. The van der Waals surface area contributed by atoms with Crippen molar-refractivity contribution in [3.05, 3.63) is 64.1 Å². The van der Waals surface area contributed by atoms with Crippen LogP contribution in [0.1, 0.15) is 42.1 Å². The Kier molecular flexibility index (Phi) is 6.27. The van der Waals surface area contributed by atoms with Crippen LogP contribution < -0.4 is 4.74 Å². The van der Waals surface area contributed by atoms with E-state index in [9.17, 15) is 4.79 Å². The van der Waals surface area contributed by atoms with Gasteiger partial charge in [-0.15, -0.1) is 0 Å². The lowest BCUT2D eigenvalue weighted by Crippen LogP contribution is -2.34. The van der Waals surface area contributed by atoms with Crippen LogP contribution in [0.2, 0.25) is 0 Å². The molecule has 0 bridgehead atoms. The maximum Gasteiger partial charge on any atom is 0.193 e. The van der Waals surface area contributed by atoms with Crippen LogP contribution in [0.15, 0.2) is 53.0 Å². The highest BCUT2D eigenvalue weighted by Crippen LogP contribution is 2.21. The molecule has 3 nitrogen and oxygen atoms in total. The summed E-state index contributed by atoms with van der Waals surface area (Å²) in [6.07, 6.45) is 3.65. The van der Waals surface area contributed by atoms with Gasteiger partial charge in [0.2, 0.25) is 0 Å². The number of hydrogen-bond acceptors (Lipinski definition) is 3. The van der Waals surface area contributed by atoms with Crippen molar-refractivity contribution in [3.8, 4) is 5.75 Å². The monoisotopic (exact) mass is 401 g/mol. The van der Waals surface area contributed by atoms with Gasteiger partial charge in [0.05, 0.1) is 0 Å². The van der Waals surface area contributed by atoms with Crippen molar-refractivity contribution in [2.45, 2.75) is 32.2 Å². The van der Waals surface area contributed by atoms with Gasteiger partial charge in [0.1, 0.15) is 12.4 Å². The van der Waals surface area contributed by atoms with Gasteiger partial charge in [-0.25, -0.2) is 0 Å². The highest BCUT2D eigenvalue weighted by Gasteiger charge is 2.24. The van der Waals surface area contributed by atoms with Crippen molar-refractivity contribution in [2.75, 3.05) is 19.7 Å². The van der Waals surface area contributed by atoms with E-state index in [1.807, 2.05) is 48.5 Å². The molecule has 2 aromatic rings. The van der Waals surface area contributed by atoms with Crippen LogP contribution in [-0.2, 0) is 0 Å². The maximum absolute atomic E-state index is 12.5. The molecule has 1 aliphatic rings. The molecule has 1 heterocycles. The Morgan fingerprint density at radius 3 is 2.40 bits per heavy atom. The normalized spacial score (nSPS) is 17.6. The Bertz CT molecular complexity index is 697. The molecular formula is C21H24BrNO2. The van der Waals surface area contributed by atoms with E-state index in [1.54, 1.807) is 0 Å². The minimum atomic E-state index is 0.0314. The summed E-state index contributed by atoms with van der Waals surface area (Å²) in [4.78, 5) is 15.0. The van der Waals surface area contributed by atoms with E-state index in [0.29, 0.717) is 17.2 Å². The van der Waals surface area contributed by atoms with Crippen molar-refractivity contribution in [1.29, 1.82) is 0 Å². The fourth-order valence-electron chi connectivity index (χ4n) is 3.33. The zero-order valence-electron chi connectivity index (χ0n) is 14.6. The third kappa shape index (κ3) is 4.71. The number of likely N-dealkylation sites (tertiary alicyclic amines) is 1. The van der Waals surface area contributed by atoms with Crippen molar-refractivity contribution in [1.82, 2.24) is 4.90 Å². The number of ether oxygens (including phenoxy) is 1. The summed E-state index contributed by atoms with van der Waals surface area (Å²) in [6, 6.07) is 15.4. The van der Waals surface area contributed by atoms with E-state index in [1.165, 1.54) is 25.8 Å². The topological polar surface area (TPSA) is 29.5 Å².